The number of aldehydes is 1. The SMILES string of the molecule is CCCCCNc1cc(C=O)cc(S(N)(=O)=O)c1Oc1ccccc1. The Balaban J connectivity index is 2.48. The predicted octanol–water partition coefficient (Wildman–Crippen LogP) is 3.54. The van der Waals surface area contributed by atoms with Gasteiger partial charge in [0.1, 0.15) is 16.9 Å². The Morgan fingerprint density at radius 3 is 2.48 bits per heavy atom. The number of nitrogens with one attached hydrogen (secondary N) is 1. The summed E-state index contributed by atoms with van der Waals surface area (Å²) in [7, 11) is -4.07. The van der Waals surface area contributed by atoms with Gasteiger partial charge < -0.3 is 10.1 Å². The van der Waals surface area contributed by atoms with Crippen LogP contribution < -0.4 is 15.2 Å². The van der Waals surface area contributed by atoms with Crippen LogP contribution in [0.5, 0.6) is 11.5 Å². The zero-order chi connectivity index (χ0) is 18.3. The van der Waals surface area contributed by atoms with Crippen LogP contribution in [0.3, 0.4) is 0 Å². The van der Waals surface area contributed by atoms with E-state index in [1.54, 1.807) is 30.3 Å². The van der Waals surface area contributed by atoms with Crippen molar-refractivity contribution in [3.8, 4) is 11.5 Å². The number of hydrogen-bond donors (Lipinski definition) is 2. The number of rotatable bonds is 9. The Bertz CT molecular complexity index is 820. The van der Waals surface area contributed by atoms with Crippen LogP contribution in [-0.4, -0.2) is 21.2 Å². The van der Waals surface area contributed by atoms with Crippen molar-refractivity contribution in [1.82, 2.24) is 0 Å². The molecule has 7 heteroatoms. The van der Waals surface area contributed by atoms with Crippen LogP contribution >= 0.6 is 0 Å². The lowest BCUT2D eigenvalue weighted by Gasteiger charge is -2.17. The molecule has 2 aromatic carbocycles. The summed E-state index contributed by atoms with van der Waals surface area (Å²) in [5.74, 6) is 0.568. The van der Waals surface area contributed by atoms with Gasteiger partial charge in [-0.2, -0.15) is 0 Å². The molecule has 2 aromatic rings. The van der Waals surface area contributed by atoms with Crippen LogP contribution in [-0.2, 0) is 10.0 Å². The Labute approximate surface area is 148 Å². The van der Waals surface area contributed by atoms with Gasteiger partial charge in [0.05, 0.1) is 5.69 Å². The molecule has 3 N–H and O–H groups in total. The summed E-state index contributed by atoms with van der Waals surface area (Å²) in [5, 5.41) is 8.48. The highest BCUT2D eigenvalue weighted by atomic mass is 32.2. The summed E-state index contributed by atoms with van der Waals surface area (Å²) in [6.45, 7) is 2.72. The van der Waals surface area contributed by atoms with E-state index >= 15 is 0 Å². The number of primary sulfonamides is 1. The molecule has 0 atom stereocenters. The molecule has 0 radical (unpaired) electrons. The second kappa shape index (κ2) is 8.64. The molecule has 0 aromatic heterocycles. The van der Waals surface area contributed by atoms with Gasteiger partial charge in [0, 0.05) is 12.1 Å². The predicted molar refractivity (Wildman–Crippen MR) is 97.7 cm³/mol. The maximum Gasteiger partial charge on any atom is 0.241 e. The summed E-state index contributed by atoms with van der Waals surface area (Å²) >= 11 is 0. The number of para-hydroxylation sites is 1. The van der Waals surface area contributed by atoms with Crippen LogP contribution in [0.4, 0.5) is 5.69 Å². The maximum atomic E-state index is 12.0. The molecule has 0 fully saturated rings. The largest absolute Gasteiger partial charge is 0.454 e. The van der Waals surface area contributed by atoms with Gasteiger partial charge in [0.15, 0.2) is 5.75 Å². The molecule has 0 unspecified atom stereocenters. The Kier molecular flexibility index (Phi) is 6.55. The van der Waals surface area contributed by atoms with Gasteiger partial charge in [0.25, 0.3) is 0 Å². The topological polar surface area (TPSA) is 98.5 Å². The number of unbranched alkanes of at least 4 members (excludes halogenated alkanes) is 2. The standard InChI is InChI=1S/C18H22N2O4S/c1-2-3-7-10-20-16-11-14(13-21)12-17(25(19,22)23)18(16)24-15-8-5-4-6-9-15/h4-6,8-9,11-13,20H,2-3,7,10H2,1H3,(H2,19,22,23). The zero-order valence-electron chi connectivity index (χ0n) is 14.1. The molecule has 0 bridgehead atoms. The van der Waals surface area contributed by atoms with Crippen molar-refractivity contribution in [3.05, 3.63) is 48.0 Å². The van der Waals surface area contributed by atoms with E-state index < -0.39 is 10.0 Å². The lowest BCUT2D eigenvalue weighted by atomic mass is 10.2. The fourth-order valence-corrected chi connectivity index (χ4v) is 3.05. The van der Waals surface area contributed by atoms with Gasteiger partial charge in [-0.15, -0.1) is 0 Å². The first kappa shape index (κ1) is 19.0. The van der Waals surface area contributed by atoms with E-state index in [0.717, 1.165) is 19.3 Å². The van der Waals surface area contributed by atoms with Crippen LogP contribution in [0.1, 0.15) is 36.5 Å². The van der Waals surface area contributed by atoms with Crippen molar-refractivity contribution in [2.75, 3.05) is 11.9 Å². The highest BCUT2D eigenvalue weighted by Gasteiger charge is 2.21. The Hall–Kier alpha value is -2.38. The van der Waals surface area contributed by atoms with E-state index in [9.17, 15) is 13.2 Å². The number of sulfonamides is 1. The molecule has 0 spiro atoms. The minimum absolute atomic E-state index is 0.0933. The van der Waals surface area contributed by atoms with Gasteiger partial charge >= 0.3 is 0 Å². The molecule has 2 rings (SSSR count). The lowest BCUT2D eigenvalue weighted by molar-refractivity contribution is 0.112. The van der Waals surface area contributed by atoms with E-state index in [0.29, 0.717) is 24.3 Å². The van der Waals surface area contributed by atoms with Crippen molar-refractivity contribution in [2.24, 2.45) is 5.14 Å². The molecule has 0 amide bonds. The van der Waals surface area contributed by atoms with Crippen LogP contribution in [0, 0.1) is 0 Å². The molecule has 0 saturated carbocycles. The summed E-state index contributed by atoms with van der Waals surface area (Å²) in [4.78, 5) is 11.0. The fraction of sp³-hybridized carbons (Fsp3) is 0.278. The molecule has 0 aliphatic rings. The maximum absolute atomic E-state index is 12.0. The molecule has 0 aliphatic carbocycles. The third-order valence-corrected chi connectivity index (χ3v) is 4.49. The molecular weight excluding hydrogens is 340 g/mol. The average Bonchev–Trinajstić information content (AvgIpc) is 2.59. The fourth-order valence-electron chi connectivity index (χ4n) is 2.34. The number of benzene rings is 2. The van der Waals surface area contributed by atoms with Gasteiger partial charge in [-0.3, -0.25) is 4.79 Å². The van der Waals surface area contributed by atoms with Crippen molar-refractivity contribution in [3.63, 3.8) is 0 Å². The number of hydrogen-bond acceptors (Lipinski definition) is 5. The molecule has 6 nitrogen and oxygen atoms in total. The van der Waals surface area contributed by atoms with Crippen molar-refractivity contribution < 1.29 is 17.9 Å². The van der Waals surface area contributed by atoms with Gasteiger partial charge in [-0.1, -0.05) is 38.0 Å². The zero-order valence-corrected chi connectivity index (χ0v) is 14.9. The van der Waals surface area contributed by atoms with Gasteiger partial charge in [-0.05, 0) is 30.7 Å². The summed E-state index contributed by atoms with van der Waals surface area (Å²) < 4.78 is 29.8. The Morgan fingerprint density at radius 2 is 1.88 bits per heavy atom. The normalized spacial score (nSPS) is 11.1. The highest BCUT2D eigenvalue weighted by molar-refractivity contribution is 7.89. The lowest BCUT2D eigenvalue weighted by Crippen LogP contribution is -2.15. The first-order valence-corrected chi connectivity index (χ1v) is 9.63. The van der Waals surface area contributed by atoms with E-state index in [4.69, 9.17) is 9.88 Å². The van der Waals surface area contributed by atoms with Gasteiger partial charge in [-0.25, -0.2) is 13.6 Å². The number of ether oxygens (including phenoxy) is 1. The van der Waals surface area contributed by atoms with Crippen LogP contribution in [0.2, 0.25) is 0 Å². The molecule has 0 aliphatic heterocycles. The molecule has 134 valence electrons. The summed E-state index contributed by atoms with van der Waals surface area (Å²) in [6, 6.07) is 11.6. The molecule has 0 heterocycles. The Morgan fingerprint density at radius 1 is 1.16 bits per heavy atom. The van der Waals surface area contributed by atoms with E-state index in [2.05, 4.69) is 12.2 Å². The van der Waals surface area contributed by atoms with Gasteiger partial charge in [0.2, 0.25) is 10.0 Å². The third-order valence-electron chi connectivity index (χ3n) is 3.58. The van der Waals surface area contributed by atoms with E-state index in [1.165, 1.54) is 6.07 Å². The quantitative estimate of drug-likeness (QED) is 0.525. The monoisotopic (exact) mass is 362 g/mol. The number of nitrogens with two attached hydrogens (primary N) is 1. The molecular formula is C18H22N2O4S. The highest BCUT2D eigenvalue weighted by Crippen LogP contribution is 2.36. The summed E-state index contributed by atoms with van der Waals surface area (Å²) in [6.07, 6.45) is 3.60. The number of carbonyl (C=O) groups excluding carboxylic acids is 1. The minimum Gasteiger partial charge on any atom is -0.454 e. The van der Waals surface area contributed by atoms with Crippen molar-refractivity contribution >= 4 is 22.0 Å². The number of carbonyl (C=O) groups is 1. The minimum atomic E-state index is -4.07. The number of anilines is 1. The molecule has 25 heavy (non-hydrogen) atoms. The third kappa shape index (κ3) is 5.30. The van der Waals surface area contributed by atoms with Crippen LogP contribution in [0.25, 0.3) is 0 Å². The average molecular weight is 362 g/mol. The second-order valence-corrected chi connectivity index (χ2v) is 7.14. The van der Waals surface area contributed by atoms with Crippen molar-refractivity contribution in [2.45, 2.75) is 31.1 Å². The summed E-state index contributed by atoms with van der Waals surface area (Å²) in [5.41, 5.74) is 0.635. The van der Waals surface area contributed by atoms with Crippen molar-refractivity contribution in [1.29, 1.82) is 0 Å². The smallest absolute Gasteiger partial charge is 0.241 e. The second-order valence-electron chi connectivity index (χ2n) is 5.61. The molecule has 0 saturated heterocycles. The van der Waals surface area contributed by atoms with E-state index in [-0.39, 0.29) is 16.2 Å². The van der Waals surface area contributed by atoms with E-state index in [1.807, 2.05) is 6.07 Å². The van der Waals surface area contributed by atoms with Crippen LogP contribution in [0.15, 0.2) is 47.4 Å². The first-order chi connectivity index (χ1) is 12.0. The first-order valence-electron chi connectivity index (χ1n) is 8.08.